The Morgan fingerprint density at radius 1 is 1.50 bits per heavy atom. The lowest BCUT2D eigenvalue weighted by molar-refractivity contribution is 0.468. The van der Waals surface area contributed by atoms with Gasteiger partial charge in [-0.2, -0.15) is 0 Å². The fraction of sp³-hybridized carbons (Fsp3) is 0. The summed E-state index contributed by atoms with van der Waals surface area (Å²) < 4.78 is 0.293. The molecule has 0 amide bonds. The SMILES string of the molecule is Oc1cc(Cl)c(Cl)nc1Br. The van der Waals surface area contributed by atoms with Gasteiger partial charge < -0.3 is 5.11 Å². The molecule has 54 valence electrons. The van der Waals surface area contributed by atoms with E-state index in [1.807, 2.05) is 0 Å². The van der Waals surface area contributed by atoms with E-state index in [4.69, 9.17) is 28.3 Å². The summed E-state index contributed by atoms with van der Waals surface area (Å²) in [5.41, 5.74) is 0. The highest BCUT2D eigenvalue weighted by Crippen LogP contribution is 2.29. The highest BCUT2D eigenvalue weighted by atomic mass is 79.9. The maximum Gasteiger partial charge on any atom is 0.149 e. The summed E-state index contributed by atoms with van der Waals surface area (Å²) in [5.74, 6) is -0.0191. The van der Waals surface area contributed by atoms with Gasteiger partial charge in [-0.05, 0) is 15.9 Å². The van der Waals surface area contributed by atoms with Gasteiger partial charge in [-0.15, -0.1) is 0 Å². The number of rotatable bonds is 0. The molecule has 1 N–H and O–H groups in total. The minimum absolute atomic E-state index is 0.0191. The Balaban J connectivity index is 3.28. The lowest BCUT2D eigenvalue weighted by atomic mass is 10.5. The number of aromatic hydroxyl groups is 1. The second-order valence-electron chi connectivity index (χ2n) is 1.57. The zero-order valence-electron chi connectivity index (χ0n) is 4.61. The van der Waals surface area contributed by atoms with E-state index in [9.17, 15) is 0 Å². The topological polar surface area (TPSA) is 33.1 Å². The van der Waals surface area contributed by atoms with Crippen LogP contribution in [0.1, 0.15) is 0 Å². The molecular formula is C5H2BrCl2NO. The van der Waals surface area contributed by atoms with Crippen LogP contribution in [0.5, 0.6) is 5.75 Å². The maximum atomic E-state index is 8.97. The van der Waals surface area contributed by atoms with Crippen LogP contribution in [0.25, 0.3) is 0 Å². The molecule has 0 fully saturated rings. The highest BCUT2D eigenvalue weighted by molar-refractivity contribution is 9.10. The van der Waals surface area contributed by atoms with Gasteiger partial charge in [-0.3, -0.25) is 0 Å². The van der Waals surface area contributed by atoms with Crippen molar-refractivity contribution in [2.75, 3.05) is 0 Å². The maximum absolute atomic E-state index is 8.97. The molecule has 0 bridgehead atoms. The number of pyridine rings is 1. The van der Waals surface area contributed by atoms with Gasteiger partial charge in [0.2, 0.25) is 0 Å². The molecule has 0 aliphatic rings. The molecule has 10 heavy (non-hydrogen) atoms. The number of hydrogen-bond acceptors (Lipinski definition) is 2. The first-order valence-corrected chi connectivity index (χ1v) is 3.86. The number of halogens is 3. The minimum Gasteiger partial charge on any atom is -0.505 e. The fourth-order valence-corrected chi connectivity index (χ4v) is 1.11. The average molecular weight is 243 g/mol. The van der Waals surface area contributed by atoms with Crippen LogP contribution < -0.4 is 0 Å². The van der Waals surface area contributed by atoms with Crippen LogP contribution in [-0.2, 0) is 0 Å². The van der Waals surface area contributed by atoms with E-state index in [1.165, 1.54) is 6.07 Å². The monoisotopic (exact) mass is 241 g/mol. The largest absolute Gasteiger partial charge is 0.505 e. The van der Waals surface area contributed by atoms with Crippen LogP contribution in [0.3, 0.4) is 0 Å². The molecule has 0 unspecified atom stereocenters. The Hall–Kier alpha value is 0.01000. The van der Waals surface area contributed by atoms with Crippen molar-refractivity contribution in [1.29, 1.82) is 0 Å². The summed E-state index contributed by atoms with van der Waals surface area (Å²) >= 11 is 14.0. The summed E-state index contributed by atoms with van der Waals surface area (Å²) in [6.07, 6.45) is 0. The van der Waals surface area contributed by atoms with Crippen LogP contribution in [0.15, 0.2) is 10.7 Å². The molecule has 1 aromatic rings. The average Bonchev–Trinajstić information content (AvgIpc) is 1.84. The van der Waals surface area contributed by atoms with Gasteiger partial charge in [-0.1, -0.05) is 23.2 Å². The summed E-state index contributed by atoms with van der Waals surface area (Å²) in [7, 11) is 0. The van der Waals surface area contributed by atoms with E-state index in [2.05, 4.69) is 20.9 Å². The highest BCUT2D eigenvalue weighted by Gasteiger charge is 2.04. The molecule has 5 heteroatoms. The quantitative estimate of drug-likeness (QED) is 0.710. The second kappa shape index (κ2) is 2.95. The van der Waals surface area contributed by atoms with Gasteiger partial charge in [0, 0.05) is 6.07 Å². The molecule has 0 radical (unpaired) electrons. The van der Waals surface area contributed by atoms with Crippen molar-refractivity contribution >= 4 is 39.1 Å². The Morgan fingerprint density at radius 2 is 2.10 bits per heavy atom. The number of aromatic nitrogens is 1. The molecule has 0 saturated heterocycles. The first-order valence-electron chi connectivity index (χ1n) is 2.32. The predicted molar refractivity (Wildman–Crippen MR) is 43.6 cm³/mol. The van der Waals surface area contributed by atoms with Crippen molar-refractivity contribution in [3.63, 3.8) is 0 Å². The summed E-state index contributed by atoms with van der Waals surface area (Å²) in [6, 6.07) is 1.32. The van der Waals surface area contributed by atoms with Gasteiger partial charge in [0.1, 0.15) is 15.5 Å². The second-order valence-corrected chi connectivity index (χ2v) is 3.09. The first kappa shape index (κ1) is 8.11. The Bertz CT molecular complexity index is 216. The fourth-order valence-electron chi connectivity index (χ4n) is 0.436. The standard InChI is InChI=1S/C5H2BrCl2NO/c6-4-3(10)1-2(7)5(8)9-4/h1,10H. The third kappa shape index (κ3) is 1.54. The smallest absolute Gasteiger partial charge is 0.149 e. The molecule has 0 atom stereocenters. The van der Waals surface area contributed by atoms with Gasteiger partial charge in [0.15, 0.2) is 0 Å². The van der Waals surface area contributed by atoms with Crippen molar-refractivity contribution in [3.8, 4) is 5.75 Å². The van der Waals surface area contributed by atoms with E-state index < -0.39 is 0 Å². The summed E-state index contributed by atoms with van der Waals surface area (Å²) in [6.45, 7) is 0. The van der Waals surface area contributed by atoms with Crippen LogP contribution >= 0.6 is 39.1 Å². The summed E-state index contributed by atoms with van der Waals surface area (Å²) in [4.78, 5) is 3.67. The van der Waals surface area contributed by atoms with Gasteiger partial charge in [-0.25, -0.2) is 4.98 Å². The normalized spacial score (nSPS) is 9.90. The lowest BCUT2D eigenvalue weighted by Crippen LogP contribution is -1.78. The minimum atomic E-state index is -0.0191. The van der Waals surface area contributed by atoms with Crippen molar-refractivity contribution in [3.05, 3.63) is 20.8 Å². The first-order chi connectivity index (χ1) is 4.61. The van der Waals surface area contributed by atoms with Crippen molar-refractivity contribution in [1.82, 2.24) is 4.98 Å². The molecule has 0 saturated carbocycles. The molecule has 1 heterocycles. The van der Waals surface area contributed by atoms with Crippen molar-refractivity contribution in [2.45, 2.75) is 0 Å². The van der Waals surface area contributed by atoms with E-state index >= 15 is 0 Å². The zero-order chi connectivity index (χ0) is 7.72. The van der Waals surface area contributed by atoms with Crippen LogP contribution in [0.2, 0.25) is 10.2 Å². The molecule has 1 rings (SSSR count). The Labute approximate surface area is 75.9 Å². The predicted octanol–water partition coefficient (Wildman–Crippen LogP) is 2.86. The van der Waals surface area contributed by atoms with E-state index in [1.54, 1.807) is 0 Å². The summed E-state index contributed by atoms with van der Waals surface area (Å²) in [5, 5.41) is 9.38. The number of nitrogens with zero attached hydrogens (tertiary/aromatic N) is 1. The van der Waals surface area contributed by atoms with Crippen molar-refractivity contribution < 1.29 is 5.11 Å². The van der Waals surface area contributed by atoms with Crippen LogP contribution in [0, 0.1) is 0 Å². The molecule has 0 spiro atoms. The number of hydrogen-bond donors (Lipinski definition) is 1. The van der Waals surface area contributed by atoms with E-state index in [0.717, 1.165) is 0 Å². The third-order valence-corrected chi connectivity index (χ3v) is 2.12. The van der Waals surface area contributed by atoms with E-state index in [0.29, 0.717) is 4.60 Å². The van der Waals surface area contributed by atoms with Gasteiger partial charge in [0.25, 0.3) is 0 Å². The zero-order valence-corrected chi connectivity index (χ0v) is 7.70. The molecule has 0 aliphatic carbocycles. The van der Waals surface area contributed by atoms with Crippen LogP contribution in [0.4, 0.5) is 0 Å². The van der Waals surface area contributed by atoms with E-state index in [-0.39, 0.29) is 15.9 Å². The molecular weight excluding hydrogens is 241 g/mol. The Morgan fingerprint density at radius 3 is 2.60 bits per heavy atom. The molecule has 0 aliphatic heterocycles. The van der Waals surface area contributed by atoms with Gasteiger partial charge in [0.05, 0.1) is 5.02 Å². The van der Waals surface area contributed by atoms with Crippen molar-refractivity contribution in [2.24, 2.45) is 0 Å². The Kier molecular flexibility index (Phi) is 2.39. The molecule has 2 nitrogen and oxygen atoms in total. The van der Waals surface area contributed by atoms with Gasteiger partial charge >= 0.3 is 0 Å². The lowest BCUT2D eigenvalue weighted by Gasteiger charge is -1.97. The molecule has 0 aromatic carbocycles. The third-order valence-electron chi connectivity index (χ3n) is 0.868. The van der Waals surface area contributed by atoms with Crippen LogP contribution in [-0.4, -0.2) is 10.1 Å². The molecule has 1 aromatic heterocycles.